The zero-order valence-corrected chi connectivity index (χ0v) is 6.84. The molecule has 0 radical (unpaired) electrons. The van der Waals surface area contributed by atoms with E-state index in [2.05, 4.69) is 16.5 Å². The van der Waals surface area contributed by atoms with Crippen LogP contribution in [0.25, 0.3) is 6.08 Å². The normalized spacial score (nSPS) is 9.50. The van der Waals surface area contributed by atoms with E-state index >= 15 is 0 Å². The second-order valence-corrected chi connectivity index (χ2v) is 2.25. The quantitative estimate of drug-likeness (QED) is 0.699. The first-order valence-electron chi connectivity index (χ1n) is 3.66. The molecule has 0 saturated heterocycles. The lowest BCUT2D eigenvalue weighted by molar-refractivity contribution is 0.609. The molecule has 0 bridgehead atoms. The number of hydrogen-bond donors (Lipinski definition) is 1. The highest BCUT2D eigenvalue weighted by atomic mass is 19.2. The molecule has 1 rings (SSSR count). The molecule has 0 aliphatic carbocycles. The molecule has 0 aliphatic rings. The molecular weight excluding hydrogens is 157 g/mol. The maximum Gasteiger partial charge on any atom is 0.180 e. The average molecular weight is 167 g/mol. The van der Waals surface area contributed by atoms with E-state index in [9.17, 15) is 4.48 Å². The minimum atomic E-state index is 0.129. The molecule has 0 saturated carbocycles. The summed E-state index contributed by atoms with van der Waals surface area (Å²) in [4.78, 5) is 7.92. The van der Waals surface area contributed by atoms with Crippen LogP contribution < -0.4 is 5.54 Å². The molecule has 1 aromatic heterocycles. The van der Waals surface area contributed by atoms with Gasteiger partial charge in [-0.25, -0.2) is 10.5 Å². The first kappa shape index (κ1) is 8.64. The van der Waals surface area contributed by atoms with Gasteiger partial charge in [0.2, 0.25) is 0 Å². The fraction of sp³-hybridized carbons (Fsp3) is 0.250. The zero-order valence-electron chi connectivity index (χ0n) is 6.84. The van der Waals surface area contributed by atoms with Crippen molar-refractivity contribution in [2.75, 3.05) is 5.54 Å². The van der Waals surface area contributed by atoms with Crippen molar-refractivity contribution in [1.82, 2.24) is 9.97 Å². The fourth-order valence-electron chi connectivity index (χ4n) is 0.824. The van der Waals surface area contributed by atoms with Gasteiger partial charge in [0.1, 0.15) is 5.69 Å². The van der Waals surface area contributed by atoms with Gasteiger partial charge >= 0.3 is 0 Å². The van der Waals surface area contributed by atoms with E-state index in [0.29, 0.717) is 5.69 Å². The summed E-state index contributed by atoms with van der Waals surface area (Å²) < 4.78 is 12.1. The molecule has 0 aromatic carbocycles. The second-order valence-electron chi connectivity index (χ2n) is 2.25. The Morgan fingerprint density at radius 1 is 1.75 bits per heavy atom. The Bertz CT molecular complexity index is 286. The van der Waals surface area contributed by atoms with Crippen LogP contribution in [0.4, 0.5) is 10.3 Å². The number of nitrogens with one attached hydrogen (secondary N) is 1. The van der Waals surface area contributed by atoms with Gasteiger partial charge in [-0.2, -0.15) is 0 Å². The lowest BCUT2D eigenvalue weighted by Crippen LogP contribution is -1.98. The zero-order chi connectivity index (χ0) is 8.97. The van der Waals surface area contributed by atoms with Crippen molar-refractivity contribution >= 4 is 11.9 Å². The van der Waals surface area contributed by atoms with E-state index in [4.69, 9.17) is 0 Å². The lowest BCUT2D eigenvalue weighted by Gasteiger charge is -2.02. The summed E-state index contributed by atoms with van der Waals surface area (Å²) in [5, 5.41) is 0. The van der Waals surface area contributed by atoms with Crippen molar-refractivity contribution in [1.29, 1.82) is 0 Å². The largest absolute Gasteiger partial charge is 0.251 e. The number of anilines is 1. The summed E-state index contributed by atoms with van der Waals surface area (Å²) in [5.41, 5.74) is 2.65. The lowest BCUT2D eigenvalue weighted by atomic mass is 10.3. The van der Waals surface area contributed by atoms with Crippen LogP contribution in [-0.4, -0.2) is 9.97 Å². The van der Waals surface area contributed by atoms with Crippen LogP contribution in [0, 0.1) is 0 Å². The molecular formula is C8H10FN3. The molecule has 1 N–H and O–H groups in total. The Labute approximate surface area is 70.3 Å². The maximum absolute atomic E-state index is 12.1. The summed E-state index contributed by atoms with van der Waals surface area (Å²) in [7, 11) is 0. The van der Waals surface area contributed by atoms with Crippen LogP contribution in [0.15, 0.2) is 12.8 Å². The van der Waals surface area contributed by atoms with Gasteiger partial charge in [0, 0.05) is 6.20 Å². The van der Waals surface area contributed by atoms with Gasteiger partial charge in [-0.1, -0.05) is 13.5 Å². The Morgan fingerprint density at radius 2 is 2.50 bits per heavy atom. The summed E-state index contributed by atoms with van der Waals surface area (Å²) in [6.45, 7) is 5.42. The van der Waals surface area contributed by atoms with Crippen molar-refractivity contribution in [3.8, 4) is 0 Å². The highest BCUT2D eigenvalue weighted by molar-refractivity contribution is 5.56. The van der Waals surface area contributed by atoms with E-state index in [1.165, 1.54) is 11.6 Å². The van der Waals surface area contributed by atoms with E-state index < -0.39 is 0 Å². The fourth-order valence-corrected chi connectivity index (χ4v) is 0.824. The minimum absolute atomic E-state index is 0.129. The maximum atomic E-state index is 12.1. The van der Waals surface area contributed by atoms with E-state index in [1.807, 2.05) is 6.92 Å². The molecule has 0 aliphatic heterocycles. The monoisotopic (exact) mass is 167 g/mol. The van der Waals surface area contributed by atoms with Crippen molar-refractivity contribution in [3.05, 3.63) is 24.2 Å². The van der Waals surface area contributed by atoms with E-state index in [0.717, 1.165) is 12.1 Å². The van der Waals surface area contributed by atoms with Crippen LogP contribution in [-0.2, 0) is 6.42 Å². The highest BCUT2D eigenvalue weighted by Gasteiger charge is 2.02. The van der Waals surface area contributed by atoms with Crippen LogP contribution in [0.3, 0.4) is 0 Å². The van der Waals surface area contributed by atoms with Gasteiger partial charge in [0.25, 0.3) is 0 Å². The SMILES string of the molecule is C=Cc1ncc(CC)nc1NF. The summed E-state index contributed by atoms with van der Waals surface area (Å²) >= 11 is 0. The molecule has 12 heavy (non-hydrogen) atoms. The highest BCUT2D eigenvalue weighted by Crippen LogP contribution is 2.11. The topological polar surface area (TPSA) is 37.8 Å². The van der Waals surface area contributed by atoms with Gasteiger partial charge in [-0.3, -0.25) is 4.98 Å². The first-order chi connectivity index (χ1) is 5.81. The Hall–Kier alpha value is -1.45. The predicted molar refractivity (Wildman–Crippen MR) is 46.2 cm³/mol. The molecule has 3 nitrogen and oxygen atoms in total. The van der Waals surface area contributed by atoms with E-state index in [-0.39, 0.29) is 5.82 Å². The third-order valence-corrected chi connectivity index (χ3v) is 1.50. The van der Waals surface area contributed by atoms with Gasteiger partial charge in [0.05, 0.1) is 5.69 Å². The van der Waals surface area contributed by atoms with Crippen LogP contribution in [0.5, 0.6) is 0 Å². The molecule has 0 amide bonds. The summed E-state index contributed by atoms with van der Waals surface area (Å²) in [6, 6.07) is 0. The van der Waals surface area contributed by atoms with Crippen molar-refractivity contribution < 1.29 is 4.48 Å². The molecule has 0 spiro atoms. The number of rotatable bonds is 3. The van der Waals surface area contributed by atoms with Gasteiger partial charge in [0.15, 0.2) is 5.82 Å². The number of hydrogen-bond acceptors (Lipinski definition) is 3. The second kappa shape index (κ2) is 3.80. The third-order valence-electron chi connectivity index (χ3n) is 1.50. The third kappa shape index (κ3) is 1.58. The molecule has 4 heteroatoms. The average Bonchev–Trinajstić information content (AvgIpc) is 2.16. The van der Waals surface area contributed by atoms with Crippen molar-refractivity contribution in [2.45, 2.75) is 13.3 Å². The smallest absolute Gasteiger partial charge is 0.180 e. The number of aromatic nitrogens is 2. The standard InChI is InChI=1S/C8H10FN3/c1-3-6-5-10-7(4-2)8(11-6)12-9/h4-5H,2-3H2,1H3,(H,11,12). The molecule has 0 atom stereocenters. The first-order valence-corrected chi connectivity index (χ1v) is 3.66. The molecule has 1 heterocycles. The van der Waals surface area contributed by atoms with Gasteiger partial charge < -0.3 is 0 Å². The molecule has 1 aromatic rings. The Kier molecular flexibility index (Phi) is 2.74. The number of halogens is 1. The summed E-state index contributed by atoms with van der Waals surface area (Å²) in [6.07, 6.45) is 3.80. The predicted octanol–water partition coefficient (Wildman–Crippen LogP) is 1.98. The van der Waals surface area contributed by atoms with Gasteiger partial charge in [-0.15, -0.1) is 4.48 Å². The minimum Gasteiger partial charge on any atom is -0.251 e. The van der Waals surface area contributed by atoms with Crippen LogP contribution in [0.1, 0.15) is 18.3 Å². The van der Waals surface area contributed by atoms with Crippen LogP contribution in [0.2, 0.25) is 0 Å². The molecule has 64 valence electrons. The van der Waals surface area contributed by atoms with E-state index in [1.54, 1.807) is 6.20 Å². The Morgan fingerprint density at radius 3 is 3.00 bits per heavy atom. The van der Waals surface area contributed by atoms with Gasteiger partial charge in [-0.05, 0) is 12.5 Å². The number of aryl methyl sites for hydroxylation is 1. The summed E-state index contributed by atoms with van der Waals surface area (Å²) in [5.74, 6) is 0.129. The van der Waals surface area contributed by atoms with Crippen molar-refractivity contribution in [2.24, 2.45) is 0 Å². The van der Waals surface area contributed by atoms with Crippen LogP contribution >= 0.6 is 0 Å². The van der Waals surface area contributed by atoms with Crippen molar-refractivity contribution in [3.63, 3.8) is 0 Å². The molecule has 0 fully saturated rings. The Balaban J connectivity index is 3.10. The number of nitrogens with zero attached hydrogens (tertiary/aromatic N) is 2. The molecule has 0 unspecified atom stereocenters.